The van der Waals surface area contributed by atoms with E-state index in [0.29, 0.717) is 34.7 Å². The van der Waals surface area contributed by atoms with E-state index in [0.717, 1.165) is 29.7 Å². The summed E-state index contributed by atoms with van der Waals surface area (Å²) in [5.74, 6) is 0.146. The van der Waals surface area contributed by atoms with Gasteiger partial charge in [0.15, 0.2) is 5.65 Å². The van der Waals surface area contributed by atoms with Crippen molar-refractivity contribution in [1.82, 2.24) is 25.1 Å². The monoisotopic (exact) mass is 483 g/mol. The van der Waals surface area contributed by atoms with E-state index >= 15 is 0 Å². The van der Waals surface area contributed by atoms with Crippen molar-refractivity contribution in [1.29, 1.82) is 0 Å². The van der Waals surface area contributed by atoms with E-state index in [-0.39, 0.29) is 23.1 Å². The van der Waals surface area contributed by atoms with Gasteiger partial charge in [-0.05, 0) is 69.5 Å². The van der Waals surface area contributed by atoms with E-state index in [1.54, 1.807) is 18.2 Å². The largest absolute Gasteiger partial charge is 0.352 e. The van der Waals surface area contributed by atoms with Gasteiger partial charge in [0.25, 0.3) is 0 Å². The molecule has 0 radical (unpaired) electrons. The van der Waals surface area contributed by atoms with Gasteiger partial charge in [0.05, 0.1) is 5.52 Å². The third kappa shape index (κ3) is 5.88. The fourth-order valence-corrected chi connectivity index (χ4v) is 4.52. The molecule has 2 heterocycles. The lowest BCUT2D eigenvalue weighted by Crippen LogP contribution is -2.40. The minimum atomic E-state index is -0.357. The van der Waals surface area contributed by atoms with Crippen LogP contribution < -0.4 is 5.32 Å². The first-order chi connectivity index (χ1) is 16.2. The van der Waals surface area contributed by atoms with Crippen LogP contribution in [0.2, 0.25) is 0 Å². The van der Waals surface area contributed by atoms with Gasteiger partial charge in [-0.1, -0.05) is 23.9 Å². The molecule has 0 aliphatic rings. The van der Waals surface area contributed by atoms with Crippen LogP contribution in [0.25, 0.3) is 22.1 Å². The second kappa shape index (κ2) is 10.0. The third-order valence-corrected chi connectivity index (χ3v) is 6.13. The van der Waals surface area contributed by atoms with E-state index < -0.39 is 0 Å². The van der Waals surface area contributed by atoms with E-state index in [2.05, 4.69) is 15.5 Å². The van der Waals surface area contributed by atoms with E-state index in [4.69, 9.17) is 4.98 Å². The van der Waals surface area contributed by atoms with Crippen LogP contribution in [-0.2, 0) is 11.3 Å². The standard InChI is InChI=1S/C25H27F2N5OS/c1-25(2,3)29-21(33)6-4-5-13-34-24-28-23-22(30-31-24)19-14-18(27)11-12-20(19)32(23)15-16-7-9-17(26)10-8-16/h7-12,14H,4-6,13,15H2,1-3H3,(H,29,33). The number of thioether (sulfide) groups is 1. The lowest BCUT2D eigenvalue weighted by Gasteiger charge is -2.20. The minimum absolute atomic E-state index is 0.0504. The third-order valence-electron chi connectivity index (χ3n) is 5.21. The summed E-state index contributed by atoms with van der Waals surface area (Å²) >= 11 is 1.48. The Balaban J connectivity index is 1.51. The van der Waals surface area contributed by atoms with Gasteiger partial charge in [0, 0.05) is 29.6 Å². The Hall–Kier alpha value is -3.07. The van der Waals surface area contributed by atoms with Gasteiger partial charge >= 0.3 is 0 Å². The van der Waals surface area contributed by atoms with Crippen LogP contribution in [-0.4, -0.2) is 36.9 Å². The molecule has 0 aliphatic heterocycles. The number of carbonyl (C=O) groups is 1. The first-order valence-electron chi connectivity index (χ1n) is 11.2. The summed E-state index contributed by atoms with van der Waals surface area (Å²) in [6.07, 6.45) is 2.09. The van der Waals surface area contributed by atoms with Crippen molar-refractivity contribution in [2.45, 2.75) is 57.3 Å². The molecule has 4 aromatic rings. The van der Waals surface area contributed by atoms with E-state index in [1.807, 2.05) is 25.3 Å². The Morgan fingerprint density at radius 3 is 2.50 bits per heavy atom. The Morgan fingerprint density at radius 1 is 1.03 bits per heavy atom. The molecular weight excluding hydrogens is 456 g/mol. The highest BCUT2D eigenvalue weighted by Crippen LogP contribution is 2.29. The minimum Gasteiger partial charge on any atom is -0.352 e. The van der Waals surface area contributed by atoms with Gasteiger partial charge in [0.1, 0.15) is 17.2 Å². The summed E-state index contributed by atoms with van der Waals surface area (Å²) in [7, 11) is 0. The predicted octanol–water partition coefficient (Wildman–Crippen LogP) is 5.48. The summed E-state index contributed by atoms with van der Waals surface area (Å²) in [4.78, 5) is 16.7. The van der Waals surface area contributed by atoms with Crippen LogP contribution in [0, 0.1) is 11.6 Å². The van der Waals surface area contributed by atoms with Crippen molar-refractivity contribution in [3.05, 3.63) is 59.7 Å². The van der Waals surface area contributed by atoms with Crippen molar-refractivity contribution < 1.29 is 13.6 Å². The molecule has 0 aliphatic carbocycles. The van der Waals surface area contributed by atoms with Crippen LogP contribution >= 0.6 is 11.8 Å². The molecule has 0 atom stereocenters. The quantitative estimate of drug-likeness (QED) is 0.265. The Labute approximate surface area is 201 Å². The highest BCUT2D eigenvalue weighted by molar-refractivity contribution is 7.99. The van der Waals surface area contributed by atoms with E-state index in [1.165, 1.54) is 36.0 Å². The molecule has 9 heteroatoms. The number of hydrogen-bond acceptors (Lipinski definition) is 5. The van der Waals surface area contributed by atoms with Crippen LogP contribution in [0.1, 0.15) is 45.6 Å². The molecule has 1 N–H and O–H groups in total. The molecule has 0 saturated carbocycles. The molecule has 0 bridgehead atoms. The number of rotatable bonds is 8. The number of unbranched alkanes of at least 4 members (excludes halogenated alkanes) is 1. The number of aromatic nitrogens is 4. The van der Waals surface area contributed by atoms with Crippen LogP contribution in [0.3, 0.4) is 0 Å². The number of carbonyl (C=O) groups excluding carboxylic acids is 1. The summed E-state index contributed by atoms with van der Waals surface area (Å²) in [6, 6.07) is 10.8. The van der Waals surface area contributed by atoms with Crippen LogP contribution in [0.15, 0.2) is 47.6 Å². The van der Waals surface area contributed by atoms with Crippen molar-refractivity contribution in [3.63, 3.8) is 0 Å². The highest BCUT2D eigenvalue weighted by atomic mass is 32.2. The summed E-state index contributed by atoms with van der Waals surface area (Å²) < 4.78 is 29.3. The summed E-state index contributed by atoms with van der Waals surface area (Å²) in [5, 5.41) is 12.7. The fourth-order valence-electron chi connectivity index (χ4n) is 3.74. The lowest BCUT2D eigenvalue weighted by atomic mass is 10.1. The van der Waals surface area contributed by atoms with Gasteiger partial charge in [-0.3, -0.25) is 4.79 Å². The van der Waals surface area contributed by atoms with Gasteiger partial charge in [0.2, 0.25) is 11.1 Å². The smallest absolute Gasteiger partial charge is 0.220 e. The predicted molar refractivity (Wildman–Crippen MR) is 131 cm³/mol. The number of nitrogens with one attached hydrogen (secondary N) is 1. The van der Waals surface area contributed by atoms with Crippen molar-refractivity contribution in [2.24, 2.45) is 0 Å². The maximum atomic E-state index is 14.0. The van der Waals surface area contributed by atoms with Crippen molar-refractivity contribution in [2.75, 3.05) is 5.75 Å². The zero-order valence-electron chi connectivity index (χ0n) is 19.4. The lowest BCUT2D eigenvalue weighted by molar-refractivity contribution is -0.122. The van der Waals surface area contributed by atoms with Gasteiger partial charge in [-0.25, -0.2) is 13.8 Å². The van der Waals surface area contributed by atoms with Gasteiger partial charge in [-0.15, -0.1) is 10.2 Å². The fraction of sp³-hybridized carbons (Fsp3) is 0.360. The second-order valence-electron chi connectivity index (χ2n) is 9.24. The van der Waals surface area contributed by atoms with Crippen LogP contribution in [0.4, 0.5) is 8.78 Å². The number of hydrogen-bond donors (Lipinski definition) is 1. The van der Waals surface area contributed by atoms with Crippen molar-refractivity contribution in [3.8, 4) is 0 Å². The SMILES string of the molecule is CC(C)(C)NC(=O)CCCCSc1nnc2c3cc(F)ccc3n(Cc3ccc(F)cc3)c2n1. The molecule has 2 aromatic carbocycles. The average Bonchev–Trinajstić information content (AvgIpc) is 3.06. The maximum Gasteiger partial charge on any atom is 0.220 e. The number of nitrogens with zero attached hydrogens (tertiary/aromatic N) is 4. The molecule has 0 saturated heterocycles. The number of fused-ring (bicyclic) bond motifs is 3. The molecule has 178 valence electrons. The highest BCUT2D eigenvalue weighted by Gasteiger charge is 2.17. The topological polar surface area (TPSA) is 72.7 Å². The molecule has 1 amide bonds. The molecule has 2 aromatic heterocycles. The number of benzene rings is 2. The van der Waals surface area contributed by atoms with Gasteiger partial charge in [-0.2, -0.15) is 0 Å². The summed E-state index contributed by atoms with van der Waals surface area (Å²) in [5.41, 5.74) is 2.59. The zero-order valence-corrected chi connectivity index (χ0v) is 20.3. The average molecular weight is 484 g/mol. The summed E-state index contributed by atoms with van der Waals surface area (Å²) in [6.45, 7) is 6.33. The molecule has 0 unspecified atom stereocenters. The normalized spacial score (nSPS) is 11.9. The molecule has 0 spiro atoms. The van der Waals surface area contributed by atoms with Crippen LogP contribution in [0.5, 0.6) is 0 Å². The number of amides is 1. The zero-order chi connectivity index (χ0) is 24.3. The Morgan fingerprint density at radius 2 is 1.76 bits per heavy atom. The molecule has 4 rings (SSSR count). The van der Waals surface area contributed by atoms with Gasteiger partial charge < -0.3 is 9.88 Å². The molecule has 0 fully saturated rings. The maximum absolute atomic E-state index is 14.0. The Kier molecular flexibility index (Phi) is 7.11. The first kappa shape index (κ1) is 24.1. The second-order valence-corrected chi connectivity index (χ2v) is 10.3. The molecule has 34 heavy (non-hydrogen) atoms. The van der Waals surface area contributed by atoms with E-state index in [9.17, 15) is 13.6 Å². The Bertz CT molecular complexity index is 1320. The first-order valence-corrected chi connectivity index (χ1v) is 12.2. The van der Waals surface area contributed by atoms with Crippen molar-refractivity contribution >= 4 is 39.7 Å². The molecular formula is C25H27F2N5OS. The number of halogens is 2. The molecule has 6 nitrogen and oxygen atoms in total.